The topological polar surface area (TPSA) is 54.9 Å². The van der Waals surface area contributed by atoms with Gasteiger partial charge in [-0.25, -0.2) is 4.98 Å². The van der Waals surface area contributed by atoms with Gasteiger partial charge < -0.3 is 9.47 Å². The summed E-state index contributed by atoms with van der Waals surface area (Å²) in [6, 6.07) is 19.9. The SMILES string of the molecule is CCOc1cccc2sc(N(CCN3CCOCC3)C(=O)c3ccc4ccccc4c3)nc12. The van der Waals surface area contributed by atoms with E-state index in [0.29, 0.717) is 23.8 Å². The summed E-state index contributed by atoms with van der Waals surface area (Å²) in [5.41, 5.74) is 1.47. The zero-order valence-electron chi connectivity index (χ0n) is 18.7. The third kappa shape index (κ3) is 4.71. The summed E-state index contributed by atoms with van der Waals surface area (Å²) in [7, 11) is 0. The summed E-state index contributed by atoms with van der Waals surface area (Å²) in [6.07, 6.45) is 0. The van der Waals surface area contributed by atoms with Gasteiger partial charge >= 0.3 is 0 Å². The van der Waals surface area contributed by atoms with E-state index in [1.807, 2.05) is 66.4 Å². The van der Waals surface area contributed by atoms with E-state index >= 15 is 0 Å². The Morgan fingerprint density at radius 3 is 2.73 bits per heavy atom. The molecule has 0 saturated carbocycles. The Labute approximate surface area is 197 Å². The molecule has 1 amide bonds. The number of anilines is 1. The number of nitrogens with zero attached hydrogens (tertiary/aromatic N) is 3. The zero-order valence-corrected chi connectivity index (χ0v) is 19.5. The molecule has 6 nitrogen and oxygen atoms in total. The lowest BCUT2D eigenvalue weighted by Crippen LogP contribution is -2.43. The Kier molecular flexibility index (Phi) is 6.53. The largest absolute Gasteiger partial charge is 0.492 e. The highest BCUT2D eigenvalue weighted by Crippen LogP contribution is 2.35. The van der Waals surface area contributed by atoms with Crippen molar-refractivity contribution < 1.29 is 14.3 Å². The van der Waals surface area contributed by atoms with E-state index in [1.54, 1.807) is 0 Å². The van der Waals surface area contributed by atoms with Gasteiger partial charge in [-0.05, 0) is 42.0 Å². The fourth-order valence-electron chi connectivity index (χ4n) is 4.13. The van der Waals surface area contributed by atoms with Gasteiger partial charge in [0.25, 0.3) is 5.91 Å². The first-order valence-corrected chi connectivity index (χ1v) is 12.2. The van der Waals surface area contributed by atoms with Crippen LogP contribution in [0.15, 0.2) is 60.7 Å². The summed E-state index contributed by atoms with van der Waals surface area (Å²) >= 11 is 1.53. The number of carbonyl (C=O) groups is 1. The molecule has 0 unspecified atom stereocenters. The molecule has 0 bridgehead atoms. The van der Waals surface area contributed by atoms with Crippen LogP contribution >= 0.6 is 11.3 Å². The van der Waals surface area contributed by atoms with E-state index in [1.165, 1.54) is 11.3 Å². The number of thiazole rings is 1. The van der Waals surface area contributed by atoms with Gasteiger partial charge in [0, 0.05) is 31.7 Å². The van der Waals surface area contributed by atoms with Gasteiger partial charge in [0.05, 0.1) is 24.5 Å². The van der Waals surface area contributed by atoms with Crippen LogP contribution in [-0.4, -0.2) is 61.8 Å². The second-order valence-corrected chi connectivity index (χ2v) is 9.01. The van der Waals surface area contributed by atoms with Crippen molar-refractivity contribution >= 4 is 43.4 Å². The van der Waals surface area contributed by atoms with Crippen molar-refractivity contribution in [2.24, 2.45) is 0 Å². The number of morpholine rings is 1. The minimum absolute atomic E-state index is 0.0361. The number of rotatable bonds is 7. The van der Waals surface area contributed by atoms with Crippen molar-refractivity contribution in [2.75, 3.05) is 50.9 Å². The van der Waals surface area contributed by atoms with Crippen LogP contribution < -0.4 is 9.64 Å². The Morgan fingerprint density at radius 2 is 1.91 bits per heavy atom. The summed E-state index contributed by atoms with van der Waals surface area (Å²) in [5.74, 6) is 0.717. The van der Waals surface area contributed by atoms with E-state index < -0.39 is 0 Å². The molecule has 2 heterocycles. The summed E-state index contributed by atoms with van der Waals surface area (Å²) in [6.45, 7) is 7.10. The highest BCUT2D eigenvalue weighted by atomic mass is 32.1. The number of hydrogen-bond donors (Lipinski definition) is 0. The number of para-hydroxylation sites is 1. The average Bonchev–Trinajstić information content (AvgIpc) is 3.29. The lowest BCUT2D eigenvalue weighted by molar-refractivity contribution is 0.0391. The second kappa shape index (κ2) is 9.87. The van der Waals surface area contributed by atoms with Crippen LogP contribution in [0.2, 0.25) is 0 Å². The number of aromatic nitrogens is 1. The van der Waals surface area contributed by atoms with Gasteiger partial charge in [0.15, 0.2) is 5.13 Å². The van der Waals surface area contributed by atoms with Crippen LogP contribution in [0.3, 0.4) is 0 Å². The minimum Gasteiger partial charge on any atom is -0.492 e. The van der Waals surface area contributed by atoms with Gasteiger partial charge in [-0.15, -0.1) is 0 Å². The van der Waals surface area contributed by atoms with Crippen LogP contribution in [0.1, 0.15) is 17.3 Å². The van der Waals surface area contributed by atoms with Crippen molar-refractivity contribution in [2.45, 2.75) is 6.92 Å². The van der Waals surface area contributed by atoms with Gasteiger partial charge in [0.2, 0.25) is 0 Å². The van der Waals surface area contributed by atoms with Crippen LogP contribution in [0.5, 0.6) is 5.75 Å². The van der Waals surface area contributed by atoms with Crippen LogP contribution in [0.4, 0.5) is 5.13 Å². The molecule has 7 heteroatoms. The predicted molar refractivity (Wildman–Crippen MR) is 134 cm³/mol. The quantitative estimate of drug-likeness (QED) is 0.395. The van der Waals surface area contributed by atoms with E-state index in [2.05, 4.69) is 11.0 Å². The molecule has 0 spiro atoms. The van der Waals surface area contributed by atoms with Gasteiger partial charge in [-0.1, -0.05) is 47.7 Å². The van der Waals surface area contributed by atoms with Crippen molar-refractivity contribution in [3.63, 3.8) is 0 Å². The van der Waals surface area contributed by atoms with Crippen molar-refractivity contribution in [3.8, 4) is 5.75 Å². The number of hydrogen-bond acceptors (Lipinski definition) is 6. The smallest absolute Gasteiger partial charge is 0.260 e. The monoisotopic (exact) mass is 461 g/mol. The molecule has 1 saturated heterocycles. The first kappa shape index (κ1) is 21.8. The molecule has 1 aliphatic heterocycles. The van der Waals surface area contributed by atoms with E-state index in [-0.39, 0.29) is 5.91 Å². The number of fused-ring (bicyclic) bond motifs is 2. The Morgan fingerprint density at radius 1 is 1.09 bits per heavy atom. The molecule has 33 heavy (non-hydrogen) atoms. The van der Waals surface area contributed by atoms with Crippen molar-refractivity contribution in [3.05, 3.63) is 66.2 Å². The molecule has 5 rings (SSSR count). The Hall–Kier alpha value is -3.00. The standard InChI is InChI=1S/C26H27N3O3S/c1-2-32-22-8-5-9-23-24(22)27-26(33-23)29(13-12-28-14-16-31-17-15-28)25(30)21-11-10-19-6-3-4-7-20(19)18-21/h3-11,18H,2,12-17H2,1H3. The van der Waals surface area contributed by atoms with Gasteiger partial charge in [0.1, 0.15) is 11.3 Å². The summed E-state index contributed by atoms with van der Waals surface area (Å²) in [5, 5.41) is 2.87. The molecule has 0 N–H and O–H groups in total. The van der Waals surface area contributed by atoms with Crippen LogP contribution in [0, 0.1) is 0 Å². The van der Waals surface area contributed by atoms with Gasteiger partial charge in [-0.2, -0.15) is 0 Å². The molecule has 170 valence electrons. The molecule has 1 aromatic heterocycles. The maximum absolute atomic E-state index is 13.8. The molecule has 1 aliphatic rings. The van der Waals surface area contributed by atoms with Crippen LogP contribution in [0.25, 0.3) is 21.0 Å². The first-order chi connectivity index (χ1) is 16.2. The normalized spacial score (nSPS) is 14.6. The number of benzene rings is 3. The molecule has 0 radical (unpaired) electrons. The zero-order chi connectivity index (χ0) is 22.6. The molecular formula is C26H27N3O3S. The summed E-state index contributed by atoms with van der Waals surface area (Å²) in [4.78, 5) is 22.8. The molecular weight excluding hydrogens is 434 g/mol. The highest BCUT2D eigenvalue weighted by molar-refractivity contribution is 7.22. The maximum atomic E-state index is 13.8. The lowest BCUT2D eigenvalue weighted by Gasteiger charge is -2.29. The third-order valence-electron chi connectivity index (χ3n) is 5.89. The first-order valence-electron chi connectivity index (χ1n) is 11.4. The van der Waals surface area contributed by atoms with E-state index in [4.69, 9.17) is 14.5 Å². The predicted octanol–water partition coefficient (Wildman–Crippen LogP) is 4.83. The molecule has 0 atom stereocenters. The number of ether oxygens (including phenoxy) is 2. The number of carbonyl (C=O) groups excluding carboxylic acids is 1. The molecule has 1 fully saturated rings. The summed E-state index contributed by atoms with van der Waals surface area (Å²) < 4.78 is 12.3. The molecule has 4 aromatic rings. The van der Waals surface area contributed by atoms with Crippen molar-refractivity contribution in [1.82, 2.24) is 9.88 Å². The van der Waals surface area contributed by atoms with Crippen LogP contribution in [-0.2, 0) is 4.74 Å². The lowest BCUT2D eigenvalue weighted by atomic mass is 10.1. The fraction of sp³-hybridized carbons (Fsp3) is 0.308. The maximum Gasteiger partial charge on any atom is 0.260 e. The number of amides is 1. The highest BCUT2D eigenvalue weighted by Gasteiger charge is 2.24. The molecule has 3 aromatic carbocycles. The minimum atomic E-state index is -0.0361. The Bertz CT molecular complexity index is 1270. The fourth-order valence-corrected chi connectivity index (χ4v) is 5.13. The average molecular weight is 462 g/mol. The Balaban J connectivity index is 1.49. The van der Waals surface area contributed by atoms with E-state index in [0.717, 1.165) is 59.6 Å². The molecule has 0 aliphatic carbocycles. The van der Waals surface area contributed by atoms with E-state index in [9.17, 15) is 4.79 Å². The third-order valence-corrected chi connectivity index (χ3v) is 6.93. The second-order valence-electron chi connectivity index (χ2n) is 8.01. The van der Waals surface area contributed by atoms with Gasteiger partial charge in [-0.3, -0.25) is 14.6 Å². The van der Waals surface area contributed by atoms with Crippen molar-refractivity contribution in [1.29, 1.82) is 0 Å².